The van der Waals surface area contributed by atoms with Gasteiger partial charge in [-0.25, -0.2) is 13.1 Å². The summed E-state index contributed by atoms with van der Waals surface area (Å²) in [6.45, 7) is 0.891. The molecule has 1 fully saturated rings. The highest BCUT2D eigenvalue weighted by Crippen LogP contribution is 2.37. The average Bonchev–Trinajstić information content (AvgIpc) is 3.00. The third-order valence-corrected chi connectivity index (χ3v) is 4.93. The first-order valence-electron chi connectivity index (χ1n) is 6.96. The number of hydrogen-bond acceptors (Lipinski definition) is 4. The molecule has 7 heteroatoms. The first-order chi connectivity index (χ1) is 10.1. The first kappa shape index (κ1) is 14.4. The largest absolute Gasteiger partial charge is 0.472 e. The first-order valence-corrected chi connectivity index (χ1v) is 8.44. The summed E-state index contributed by atoms with van der Waals surface area (Å²) >= 11 is 0. The molecule has 2 aromatic heterocycles. The quantitative estimate of drug-likeness (QED) is 0.815. The lowest BCUT2D eigenvalue weighted by molar-refractivity contribution is 0.561. The smallest absolute Gasteiger partial charge is 0.242 e. The normalized spacial score (nSPS) is 15.5. The number of sulfonamides is 1. The maximum absolute atomic E-state index is 12.4. The molecule has 0 aliphatic heterocycles. The molecule has 1 aliphatic carbocycles. The second-order valence-corrected chi connectivity index (χ2v) is 7.06. The van der Waals surface area contributed by atoms with Crippen molar-refractivity contribution in [2.45, 2.75) is 36.9 Å². The molecule has 114 valence electrons. The molecule has 2 heterocycles. The summed E-state index contributed by atoms with van der Waals surface area (Å²) in [4.78, 5) is 0.322. The minimum absolute atomic E-state index is 0.231. The second-order valence-electron chi connectivity index (χ2n) is 5.29. The summed E-state index contributed by atoms with van der Waals surface area (Å²) in [7, 11) is -1.65. The summed E-state index contributed by atoms with van der Waals surface area (Å²) in [5.41, 5.74) is 1.80. The minimum Gasteiger partial charge on any atom is -0.472 e. The highest BCUT2D eigenvalue weighted by molar-refractivity contribution is 7.89. The Morgan fingerprint density at radius 2 is 2.19 bits per heavy atom. The molecule has 0 radical (unpaired) electrons. The maximum Gasteiger partial charge on any atom is 0.242 e. The van der Waals surface area contributed by atoms with Gasteiger partial charge in [-0.05, 0) is 32.0 Å². The van der Waals surface area contributed by atoms with Gasteiger partial charge in [-0.3, -0.25) is 0 Å². The third-order valence-electron chi connectivity index (χ3n) is 3.56. The van der Waals surface area contributed by atoms with E-state index in [-0.39, 0.29) is 6.54 Å². The predicted molar refractivity (Wildman–Crippen MR) is 78.2 cm³/mol. The Morgan fingerprint density at radius 1 is 1.38 bits per heavy atom. The zero-order valence-corrected chi connectivity index (χ0v) is 12.7. The Labute approximate surface area is 124 Å². The number of hydrogen-bond donors (Lipinski definition) is 2. The van der Waals surface area contributed by atoms with Crippen molar-refractivity contribution in [3.8, 4) is 0 Å². The SMILES string of the molecule is CNCc1cc(S(=O)(=O)NCc2ccoc2)cn1C1CC1. The zero-order valence-electron chi connectivity index (χ0n) is 11.9. The number of aromatic nitrogens is 1. The fourth-order valence-corrected chi connectivity index (χ4v) is 3.38. The highest BCUT2D eigenvalue weighted by atomic mass is 32.2. The molecule has 2 aromatic rings. The van der Waals surface area contributed by atoms with Crippen molar-refractivity contribution in [2.24, 2.45) is 0 Å². The van der Waals surface area contributed by atoms with Crippen LogP contribution in [-0.2, 0) is 23.1 Å². The van der Waals surface area contributed by atoms with Crippen LogP contribution in [0.2, 0.25) is 0 Å². The van der Waals surface area contributed by atoms with E-state index >= 15 is 0 Å². The van der Waals surface area contributed by atoms with Gasteiger partial charge in [0.2, 0.25) is 10.0 Å². The Hall–Kier alpha value is -1.57. The van der Waals surface area contributed by atoms with Crippen LogP contribution in [0.5, 0.6) is 0 Å². The fourth-order valence-electron chi connectivity index (χ4n) is 2.31. The molecule has 1 aliphatic rings. The van der Waals surface area contributed by atoms with Gasteiger partial charge in [0.1, 0.15) is 0 Å². The lowest BCUT2D eigenvalue weighted by Gasteiger charge is -2.05. The number of nitrogens with zero attached hydrogens (tertiary/aromatic N) is 1. The van der Waals surface area contributed by atoms with E-state index in [1.807, 2.05) is 7.05 Å². The Kier molecular flexibility index (Phi) is 3.88. The molecule has 2 N–H and O–H groups in total. The van der Waals surface area contributed by atoms with Crippen LogP contribution in [-0.4, -0.2) is 20.0 Å². The van der Waals surface area contributed by atoms with Crippen LogP contribution in [0.15, 0.2) is 40.2 Å². The van der Waals surface area contributed by atoms with Crippen molar-refractivity contribution in [1.29, 1.82) is 0 Å². The molecule has 3 rings (SSSR count). The molecule has 1 saturated carbocycles. The summed E-state index contributed by atoms with van der Waals surface area (Å²) < 4.78 is 34.3. The monoisotopic (exact) mass is 309 g/mol. The van der Waals surface area contributed by atoms with Crippen LogP contribution in [0.25, 0.3) is 0 Å². The Morgan fingerprint density at radius 3 is 2.81 bits per heavy atom. The Balaban J connectivity index is 1.79. The van der Waals surface area contributed by atoms with Gasteiger partial charge in [-0.15, -0.1) is 0 Å². The molecule has 0 atom stereocenters. The lowest BCUT2D eigenvalue weighted by Crippen LogP contribution is -2.22. The topological polar surface area (TPSA) is 76.3 Å². The van der Waals surface area contributed by atoms with E-state index in [1.165, 1.54) is 12.5 Å². The van der Waals surface area contributed by atoms with E-state index in [1.54, 1.807) is 18.3 Å². The molecule has 6 nitrogen and oxygen atoms in total. The van der Waals surface area contributed by atoms with Crippen molar-refractivity contribution < 1.29 is 12.8 Å². The predicted octanol–water partition coefficient (Wildman–Crippen LogP) is 1.61. The van der Waals surface area contributed by atoms with Crippen molar-refractivity contribution in [3.05, 3.63) is 42.1 Å². The molecule has 0 unspecified atom stereocenters. The van der Waals surface area contributed by atoms with Crippen LogP contribution < -0.4 is 10.0 Å². The molecule has 0 spiro atoms. The van der Waals surface area contributed by atoms with Gasteiger partial charge in [-0.1, -0.05) is 0 Å². The van der Waals surface area contributed by atoms with E-state index in [2.05, 4.69) is 14.6 Å². The maximum atomic E-state index is 12.4. The van der Waals surface area contributed by atoms with Gasteiger partial charge in [0.05, 0.1) is 17.4 Å². The summed E-state index contributed by atoms with van der Waals surface area (Å²) in [5, 5.41) is 3.08. The van der Waals surface area contributed by atoms with Gasteiger partial charge < -0.3 is 14.3 Å². The molecular formula is C14H19N3O3S. The van der Waals surface area contributed by atoms with Gasteiger partial charge in [0.15, 0.2) is 0 Å². The zero-order chi connectivity index (χ0) is 14.9. The molecule has 21 heavy (non-hydrogen) atoms. The summed E-state index contributed by atoms with van der Waals surface area (Å²) in [6.07, 6.45) is 7.03. The Bertz CT molecular complexity index is 700. The van der Waals surface area contributed by atoms with Gasteiger partial charge >= 0.3 is 0 Å². The standard InChI is InChI=1S/C14H19N3O3S/c1-15-8-13-6-14(9-17(13)12-2-3-12)21(18,19)16-7-11-4-5-20-10-11/h4-6,9-10,12,15-16H,2-3,7-8H2,1H3. The van der Waals surface area contributed by atoms with Crippen LogP contribution in [0.4, 0.5) is 0 Å². The molecule has 0 aromatic carbocycles. The molecule has 0 amide bonds. The van der Waals surface area contributed by atoms with Crippen LogP contribution in [0.3, 0.4) is 0 Å². The van der Waals surface area contributed by atoms with Crippen molar-refractivity contribution in [1.82, 2.24) is 14.6 Å². The average molecular weight is 309 g/mol. The lowest BCUT2D eigenvalue weighted by atomic mass is 10.4. The third kappa shape index (κ3) is 3.20. The van der Waals surface area contributed by atoms with Crippen LogP contribution >= 0.6 is 0 Å². The van der Waals surface area contributed by atoms with Crippen LogP contribution in [0.1, 0.15) is 30.1 Å². The second kappa shape index (κ2) is 5.67. The molecular weight excluding hydrogens is 290 g/mol. The minimum atomic E-state index is -3.50. The van der Waals surface area contributed by atoms with E-state index in [0.29, 0.717) is 17.5 Å². The number of nitrogens with one attached hydrogen (secondary N) is 2. The van der Waals surface area contributed by atoms with Gasteiger partial charge in [0, 0.05) is 36.6 Å². The van der Waals surface area contributed by atoms with E-state index < -0.39 is 10.0 Å². The van der Waals surface area contributed by atoms with E-state index in [9.17, 15) is 8.42 Å². The highest BCUT2D eigenvalue weighted by Gasteiger charge is 2.28. The van der Waals surface area contributed by atoms with E-state index in [0.717, 1.165) is 24.1 Å². The molecule has 0 bridgehead atoms. The van der Waals surface area contributed by atoms with Gasteiger partial charge in [0.25, 0.3) is 0 Å². The van der Waals surface area contributed by atoms with Crippen LogP contribution in [0, 0.1) is 0 Å². The van der Waals surface area contributed by atoms with Crippen molar-refractivity contribution >= 4 is 10.0 Å². The van der Waals surface area contributed by atoms with Gasteiger partial charge in [-0.2, -0.15) is 0 Å². The van der Waals surface area contributed by atoms with E-state index in [4.69, 9.17) is 4.42 Å². The molecule has 0 saturated heterocycles. The van der Waals surface area contributed by atoms with Crippen molar-refractivity contribution in [2.75, 3.05) is 7.05 Å². The number of rotatable bonds is 7. The summed E-state index contributed by atoms with van der Waals surface area (Å²) in [5.74, 6) is 0. The number of furan rings is 1. The van der Waals surface area contributed by atoms with Crippen molar-refractivity contribution in [3.63, 3.8) is 0 Å². The summed E-state index contributed by atoms with van der Waals surface area (Å²) in [6, 6.07) is 3.93. The fraction of sp³-hybridized carbons (Fsp3) is 0.429.